The number of nitrogens with one attached hydrogen (secondary N) is 4. The fourth-order valence-electron chi connectivity index (χ4n) is 6.30. The maximum atomic E-state index is 14.6. The molecule has 0 unspecified atom stereocenters. The van der Waals surface area contributed by atoms with Gasteiger partial charge in [-0.1, -0.05) is 82.1 Å². The highest BCUT2D eigenvalue weighted by Crippen LogP contribution is 2.39. The van der Waals surface area contributed by atoms with Crippen molar-refractivity contribution in [2.75, 3.05) is 6.54 Å². The lowest BCUT2D eigenvalue weighted by Gasteiger charge is -2.35. The SMILES string of the molecule is CCC[C@H](NC(=O)[C@@H]1C[C@]2(C=C(c3cccc(Cl)c3)NO2)CN1C(=O)[C@@H](NC(=O)Cc1ccccc1C)C(C)(C)C)C(=O)C(=O)NC1CC1. The second-order valence-corrected chi connectivity index (χ2v) is 14.9. The van der Waals surface area contributed by atoms with E-state index in [1.54, 1.807) is 12.1 Å². The number of amides is 4. The van der Waals surface area contributed by atoms with Crippen LogP contribution in [0.4, 0.5) is 0 Å². The topological polar surface area (TPSA) is 146 Å². The monoisotopic (exact) mass is 691 g/mol. The van der Waals surface area contributed by atoms with Crippen LogP contribution in [-0.2, 0) is 35.2 Å². The zero-order valence-electron chi connectivity index (χ0n) is 28.7. The van der Waals surface area contributed by atoms with Gasteiger partial charge in [-0.25, -0.2) is 0 Å². The van der Waals surface area contributed by atoms with E-state index >= 15 is 0 Å². The first-order chi connectivity index (χ1) is 23.2. The number of carbonyl (C=O) groups is 5. The molecule has 11 nitrogen and oxygen atoms in total. The first-order valence-electron chi connectivity index (χ1n) is 16.9. The summed E-state index contributed by atoms with van der Waals surface area (Å²) in [6, 6.07) is 11.6. The lowest BCUT2D eigenvalue weighted by molar-refractivity contribution is -0.145. The van der Waals surface area contributed by atoms with Gasteiger partial charge in [-0.3, -0.25) is 34.3 Å². The number of halogens is 1. The molecule has 5 rings (SSSR count). The zero-order valence-corrected chi connectivity index (χ0v) is 29.5. The molecule has 1 spiro atoms. The van der Waals surface area contributed by atoms with Gasteiger partial charge in [0.1, 0.15) is 17.7 Å². The molecule has 2 heterocycles. The lowest BCUT2D eigenvalue weighted by atomic mass is 9.85. The fourth-order valence-corrected chi connectivity index (χ4v) is 6.49. The molecule has 0 aromatic heterocycles. The molecular formula is C37H46ClN5O6. The Balaban J connectivity index is 1.43. The minimum absolute atomic E-state index is 0.00418. The third kappa shape index (κ3) is 8.69. The molecule has 2 aromatic rings. The van der Waals surface area contributed by atoms with Crippen LogP contribution in [0.1, 0.15) is 76.5 Å². The summed E-state index contributed by atoms with van der Waals surface area (Å²) in [5.74, 6) is -2.80. The number of hydrogen-bond donors (Lipinski definition) is 4. The Morgan fingerprint density at radius 1 is 1.06 bits per heavy atom. The molecule has 4 atom stereocenters. The summed E-state index contributed by atoms with van der Waals surface area (Å²) in [5, 5.41) is 8.98. The van der Waals surface area contributed by atoms with Crippen LogP contribution in [-0.4, -0.2) is 70.6 Å². The van der Waals surface area contributed by atoms with Crippen LogP contribution < -0.4 is 21.4 Å². The summed E-state index contributed by atoms with van der Waals surface area (Å²) in [5.41, 5.74) is 4.33. The van der Waals surface area contributed by atoms with Crippen molar-refractivity contribution in [1.29, 1.82) is 0 Å². The summed E-state index contributed by atoms with van der Waals surface area (Å²) < 4.78 is 0. The van der Waals surface area contributed by atoms with E-state index in [1.807, 2.05) is 77.1 Å². The van der Waals surface area contributed by atoms with Gasteiger partial charge >= 0.3 is 0 Å². The first-order valence-corrected chi connectivity index (χ1v) is 17.3. The first kappa shape index (κ1) is 36.1. The Morgan fingerprint density at radius 2 is 1.80 bits per heavy atom. The van der Waals surface area contributed by atoms with Gasteiger partial charge in [0.25, 0.3) is 5.91 Å². The molecule has 12 heteroatoms. The highest BCUT2D eigenvalue weighted by Gasteiger charge is 2.54. The van der Waals surface area contributed by atoms with Crippen molar-refractivity contribution in [3.63, 3.8) is 0 Å². The molecule has 4 N–H and O–H groups in total. The highest BCUT2D eigenvalue weighted by atomic mass is 35.5. The van der Waals surface area contributed by atoms with Crippen LogP contribution in [0.2, 0.25) is 5.02 Å². The van der Waals surface area contributed by atoms with Gasteiger partial charge in [-0.05, 0) is 60.9 Å². The molecule has 0 bridgehead atoms. The summed E-state index contributed by atoms with van der Waals surface area (Å²) in [7, 11) is 0. The average molecular weight is 692 g/mol. The number of Topliss-reactive ketones (excluding diaryl/α,β-unsaturated/α-hetero) is 1. The van der Waals surface area contributed by atoms with Crippen LogP contribution in [0.5, 0.6) is 0 Å². The number of hydrogen-bond acceptors (Lipinski definition) is 7. The van der Waals surface area contributed by atoms with Gasteiger partial charge < -0.3 is 20.9 Å². The Bertz CT molecular complexity index is 1650. The maximum absolute atomic E-state index is 14.6. The van der Waals surface area contributed by atoms with E-state index in [9.17, 15) is 24.0 Å². The average Bonchev–Trinajstić information content (AvgIpc) is 3.64. The number of aryl methyl sites for hydroxylation is 1. The number of likely N-dealkylation sites (tertiary alicyclic amines) is 1. The minimum Gasteiger partial charge on any atom is -0.347 e. The highest BCUT2D eigenvalue weighted by molar-refractivity contribution is 6.38. The van der Waals surface area contributed by atoms with Crippen molar-refractivity contribution >= 4 is 46.7 Å². The van der Waals surface area contributed by atoms with E-state index in [-0.39, 0.29) is 37.8 Å². The summed E-state index contributed by atoms with van der Waals surface area (Å²) in [6.07, 6.45) is 4.43. The molecule has 1 saturated carbocycles. The van der Waals surface area contributed by atoms with E-state index in [0.29, 0.717) is 17.1 Å². The van der Waals surface area contributed by atoms with E-state index in [4.69, 9.17) is 16.4 Å². The lowest BCUT2D eigenvalue weighted by Crippen LogP contribution is -2.59. The van der Waals surface area contributed by atoms with Crippen molar-refractivity contribution < 1.29 is 28.8 Å². The Hall–Kier alpha value is -4.22. The van der Waals surface area contributed by atoms with E-state index in [2.05, 4.69) is 21.4 Å². The van der Waals surface area contributed by atoms with Gasteiger partial charge in [0, 0.05) is 23.0 Å². The Kier molecular flexibility index (Phi) is 10.8. The number of benzene rings is 2. The largest absolute Gasteiger partial charge is 0.347 e. The van der Waals surface area contributed by atoms with Crippen molar-refractivity contribution in [1.82, 2.24) is 26.3 Å². The number of nitrogens with zero attached hydrogens (tertiary/aromatic N) is 1. The van der Waals surface area contributed by atoms with Gasteiger partial charge in [-0.2, -0.15) is 0 Å². The molecule has 262 valence electrons. The molecular weight excluding hydrogens is 646 g/mol. The minimum atomic E-state index is -1.10. The van der Waals surface area contributed by atoms with Crippen LogP contribution >= 0.6 is 11.6 Å². The third-order valence-corrected chi connectivity index (χ3v) is 9.46. The third-order valence-electron chi connectivity index (χ3n) is 9.22. The smallest absolute Gasteiger partial charge is 0.289 e. The number of hydroxylamine groups is 1. The molecule has 4 amide bonds. The molecule has 2 aromatic carbocycles. The maximum Gasteiger partial charge on any atom is 0.289 e. The Morgan fingerprint density at radius 3 is 2.45 bits per heavy atom. The molecule has 3 aliphatic rings. The summed E-state index contributed by atoms with van der Waals surface area (Å²) in [4.78, 5) is 75.5. The molecule has 49 heavy (non-hydrogen) atoms. The van der Waals surface area contributed by atoms with Crippen LogP contribution in [0.25, 0.3) is 5.70 Å². The second kappa shape index (κ2) is 14.7. The summed E-state index contributed by atoms with van der Waals surface area (Å²) >= 11 is 6.24. The fraction of sp³-hybridized carbons (Fsp3) is 0.486. The van der Waals surface area contributed by atoms with E-state index in [1.165, 1.54) is 4.90 Å². The van der Waals surface area contributed by atoms with Crippen LogP contribution in [0.15, 0.2) is 54.6 Å². The van der Waals surface area contributed by atoms with Gasteiger partial charge in [0.15, 0.2) is 0 Å². The number of rotatable bonds is 12. The predicted octanol–water partition coefficient (Wildman–Crippen LogP) is 3.77. The van der Waals surface area contributed by atoms with Gasteiger partial charge in [-0.15, -0.1) is 0 Å². The molecule has 1 saturated heterocycles. The van der Waals surface area contributed by atoms with E-state index in [0.717, 1.165) is 29.5 Å². The number of carbonyl (C=O) groups excluding carboxylic acids is 5. The molecule has 1 aliphatic carbocycles. The molecule has 2 fully saturated rings. The predicted molar refractivity (Wildman–Crippen MR) is 186 cm³/mol. The van der Waals surface area contributed by atoms with Crippen LogP contribution in [0.3, 0.4) is 0 Å². The molecule has 2 aliphatic heterocycles. The van der Waals surface area contributed by atoms with Crippen molar-refractivity contribution in [3.05, 3.63) is 76.3 Å². The van der Waals surface area contributed by atoms with Crippen molar-refractivity contribution in [3.8, 4) is 0 Å². The quantitative estimate of drug-likeness (QED) is 0.248. The Labute approximate surface area is 292 Å². The molecule has 0 radical (unpaired) electrons. The summed E-state index contributed by atoms with van der Waals surface area (Å²) in [6.45, 7) is 9.33. The van der Waals surface area contributed by atoms with Gasteiger partial charge in [0.2, 0.25) is 23.5 Å². The van der Waals surface area contributed by atoms with Gasteiger partial charge in [0.05, 0.1) is 24.7 Å². The normalized spacial score (nSPS) is 21.4. The standard InChI is InChI=1S/C37H46ClN5O6/c1-6-10-27(31(45)34(47)39-26-15-16-26)40-33(46)29-20-37(19-28(42-49-37)24-13-9-14-25(38)17-24)21-43(29)35(48)32(36(3,4)5)41-30(44)18-23-12-8-7-11-22(23)2/h7-9,11-14,17,19,26-27,29,32,42H,6,10,15-16,18,20-21H2,1-5H3,(H,39,47)(H,40,46)(H,41,44)/t27-,29-,32+,37+/m0/s1. The zero-order chi connectivity index (χ0) is 35.5. The van der Waals surface area contributed by atoms with Crippen molar-refractivity contribution in [2.45, 2.75) is 103 Å². The number of ketones is 1. The van der Waals surface area contributed by atoms with E-state index < -0.39 is 52.6 Å². The van der Waals surface area contributed by atoms with Crippen molar-refractivity contribution in [2.24, 2.45) is 5.41 Å². The van der Waals surface area contributed by atoms with Crippen LogP contribution in [0, 0.1) is 12.3 Å². The second-order valence-electron chi connectivity index (χ2n) is 14.5.